The maximum atomic E-state index is 5.24. The molecule has 0 atom stereocenters. The van der Waals surface area contributed by atoms with Gasteiger partial charge in [0.25, 0.3) is 0 Å². The van der Waals surface area contributed by atoms with Gasteiger partial charge < -0.3 is 5.73 Å². The first kappa shape index (κ1) is 8.75. The van der Waals surface area contributed by atoms with Gasteiger partial charge in [-0.2, -0.15) is 5.10 Å². The zero-order chi connectivity index (χ0) is 8.81. The lowest BCUT2D eigenvalue weighted by Crippen LogP contribution is -2.02. The van der Waals surface area contributed by atoms with E-state index in [0.717, 1.165) is 13.0 Å². The average molecular weight is 164 g/mol. The van der Waals surface area contributed by atoms with Gasteiger partial charge in [-0.25, -0.2) is 9.67 Å². The molecule has 0 amide bonds. The number of hydrogen-bond donors (Lipinski definition) is 1. The molecule has 0 aliphatic rings. The number of rotatable bonds is 2. The van der Waals surface area contributed by atoms with Crippen LogP contribution in [0, 0.1) is 11.8 Å². The Labute approximate surface area is 71.8 Å². The molecule has 0 aliphatic carbocycles. The number of aryl methyl sites for hydroxylation is 1. The Bertz CT molecular complexity index is 291. The lowest BCUT2D eigenvalue weighted by Gasteiger charge is -1.96. The van der Waals surface area contributed by atoms with E-state index in [4.69, 9.17) is 5.73 Å². The van der Waals surface area contributed by atoms with Gasteiger partial charge >= 0.3 is 0 Å². The molecule has 0 saturated carbocycles. The van der Waals surface area contributed by atoms with Gasteiger partial charge in [-0.05, 0) is 12.3 Å². The van der Waals surface area contributed by atoms with Gasteiger partial charge in [-0.3, -0.25) is 0 Å². The highest BCUT2D eigenvalue weighted by atomic mass is 15.3. The van der Waals surface area contributed by atoms with Crippen molar-refractivity contribution in [2.24, 2.45) is 5.73 Å². The Balaban J connectivity index is 2.76. The molecule has 2 N–H and O–H groups in total. The van der Waals surface area contributed by atoms with Crippen molar-refractivity contribution < 1.29 is 0 Å². The third kappa shape index (κ3) is 2.07. The van der Waals surface area contributed by atoms with Gasteiger partial charge in [0.1, 0.15) is 6.33 Å². The summed E-state index contributed by atoms with van der Waals surface area (Å²) in [5.41, 5.74) is 5.24. The number of nitrogens with two attached hydrogens (primary N) is 1. The second kappa shape index (κ2) is 4.52. The highest BCUT2D eigenvalue weighted by Crippen LogP contribution is 1.92. The maximum Gasteiger partial charge on any atom is 0.203 e. The van der Waals surface area contributed by atoms with Crippen LogP contribution in [-0.2, 0) is 6.54 Å². The minimum atomic E-state index is 0.360. The van der Waals surface area contributed by atoms with Crippen molar-refractivity contribution in [3.63, 3.8) is 0 Å². The lowest BCUT2D eigenvalue weighted by molar-refractivity contribution is 0.594. The van der Waals surface area contributed by atoms with Crippen molar-refractivity contribution in [1.82, 2.24) is 14.8 Å². The minimum Gasteiger partial charge on any atom is -0.320 e. The highest BCUT2D eigenvalue weighted by molar-refractivity contribution is 5.20. The molecule has 4 nitrogen and oxygen atoms in total. The summed E-state index contributed by atoms with van der Waals surface area (Å²) in [6.07, 6.45) is 2.54. The molecule has 0 bridgehead atoms. The molecule has 0 radical (unpaired) electrons. The van der Waals surface area contributed by atoms with Crippen LogP contribution in [-0.4, -0.2) is 21.3 Å². The zero-order valence-corrected chi connectivity index (χ0v) is 7.12. The molecule has 12 heavy (non-hydrogen) atoms. The number of aromatic nitrogens is 3. The van der Waals surface area contributed by atoms with E-state index in [1.54, 1.807) is 4.68 Å². The summed E-state index contributed by atoms with van der Waals surface area (Å²) in [5, 5.41) is 4.02. The summed E-state index contributed by atoms with van der Waals surface area (Å²) in [7, 11) is 0. The third-order valence-corrected chi connectivity index (χ3v) is 1.35. The van der Waals surface area contributed by atoms with Crippen LogP contribution in [0.3, 0.4) is 0 Å². The summed E-state index contributed by atoms with van der Waals surface area (Å²) >= 11 is 0. The van der Waals surface area contributed by atoms with Crippen molar-refractivity contribution in [1.29, 1.82) is 0 Å². The summed E-state index contributed by atoms with van der Waals surface area (Å²) in [4.78, 5) is 4.00. The van der Waals surface area contributed by atoms with E-state index in [1.165, 1.54) is 6.33 Å². The summed E-state index contributed by atoms with van der Waals surface area (Å²) in [6.45, 7) is 3.30. The molecule has 1 aromatic rings. The highest BCUT2D eigenvalue weighted by Gasteiger charge is 1.97. The third-order valence-electron chi connectivity index (χ3n) is 1.35. The van der Waals surface area contributed by atoms with Gasteiger partial charge in [0, 0.05) is 6.54 Å². The van der Waals surface area contributed by atoms with E-state index in [1.807, 2.05) is 0 Å². The molecular formula is C8H12N4. The topological polar surface area (TPSA) is 56.7 Å². The van der Waals surface area contributed by atoms with Crippen LogP contribution < -0.4 is 5.73 Å². The van der Waals surface area contributed by atoms with E-state index in [-0.39, 0.29) is 0 Å². The molecule has 0 aromatic carbocycles. The molecule has 1 heterocycles. The minimum absolute atomic E-state index is 0.360. The van der Waals surface area contributed by atoms with E-state index in [9.17, 15) is 0 Å². The fraction of sp³-hybridized carbons (Fsp3) is 0.500. The van der Waals surface area contributed by atoms with Gasteiger partial charge in [0.05, 0.1) is 6.54 Å². The van der Waals surface area contributed by atoms with Crippen molar-refractivity contribution >= 4 is 0 Å². The number of hydrogen-bond acceptors (Lipinski definition) is 3. The summed E-state index contributed by atoms with van der Waals surface area (Å²) in [6, 6.07) is 0. The van der Waals surface area contributed by atoms with Crippen molar-refractivity contribution in [2.45, 2.75) is 19.9 Å². The van der Waals surface area contributed by atoms with Crippen LogP contribution in [0.1, 0.15) is 19.2 Å². The Morgan fingerprint density at radius 1 is 1.67 bits per heavy atom. The summed E-state index contributed by atoms with van der Waals surface area (Å²) < 4.78 is 1.78. The van der Waals surface area contributed by atoms with Gasteiger partial charge in [0.15, 0.2) is 0 Å². The second-order valence-electron chi connectivity index (χ2n) is 2.31. The maximum absolute atomic E-state index is 5.24. The number of nitrogens with zero attached hydrogens (tertiary/aromatic N) is 3. The molecule has 4 heteroatoms. The smallest absolute Gasteiger partial charge is 0.203 e. The first-order valence-corrected chi connectivity index (χ1v) is 3.95. The van der Waals surface area contributed by atoms with Crippen LogP contribution in [0.4, 0.5) is 0 Å². The monoisotopic (exact) mass is 164 g/mol. The first-order chi connectivity index (χ1) is 5.88. The average Bonchev–Trinajstić information content (AvgIpc) is 2.50. The van der Waals surface area contributed by atoms with Gasteiger partial charge in [0.2, 0.25) is 5.82 Å². The fourth-order valence-corrected chi connectivity index (χ4v) is 0.867. The predicted octanol–water partition coefficient (Wildman–Crippen LogP) is -0.00170. The molecule has 1 rings (SSSR count). The largest absolute Gasteiger partial charge is 0.320 e. The normalized spacial score (nSPS) is 9.17. The molecular weight excluding hydrogens is 152 g/mol. The van der Waals surface area contributed by atoms with E-state index in [0.29, 0.717) is 12.4 Å². The standard InChI is InChI=1S/C8H12N4/c1-2-6-12-8(4-3-5-9)10-7-11-12/h7H,2,5-6,9H2,1H3. The lowest BCUT2D eigenvalue weighted by atomic mass is 10.4. The quantitative estimate of drug-likeness (QED) is 0.626. The van der Waals surface area contributed by atoms with Crippen molar-refractivity contribution in [3.8, 4) is 11.8 Å². The van der Waals surface area contributed by atoms with Crippen LogP contribution in [0.25, 0.3) is 0 Å². The molecule has 0 saturated heterocycles. The molecule has 0 spiro atoms. The van der Waals surface area contributed by atoms with Crippen molar-refractivity contribution in [3.05, 3.63) is 12.2 Å². The Morgan fingerprint density at radius 3 is 3.17 bits per heavy atom. The SMILES string of the molecule is CCCn1ncnc1C#CCN. The van der Waals surface area contributed by atoms with Crippen LogP contribution in [0.2, 0.25) is 0 Å². The predicted molar refractivity (Wildman–Crippen MR) is 46.2 cm³/mol. The van der Waals surface area contributed by atoms with E-state index in [2.05, 4.69) is 28.8 Å². The molecule has 0 fully saturated rings. The van der Waals surface area contributed by atoms with Gasteiger partial charge in [-0.15, -0.1) is 0 Å². The second-order valence-corrected chi connectivity index (χ2v) is 2.31. The molecule has 0 aliphatic heterocycles. The fourth-order valence-electron chi connectivity index (χ4n) is 0.867. The molecule has 64 valence electrons. The molecule has 0 unspecified atom stereocenters. The van der Waals surface area contributed by atoms with Crippen LogP contribution in [0.15, 0.2) is 6.33 Å². The Kier molecular flexibility index (Phi) is 3.30. The van der Waals surface area contributed by atoms with E-state index < -0.39 is 0 Å². The van der Waals surface area contributed by atoms with Crippen molar-refractivity contribution in [2.75, 3.05) is 6.54 Å². The van der Waals surface area contributed by atoms with Crippen LogP contribution in [0.5, 0.6) is 0 Å². The Morgan fingerprint density at radius 2 is 2.50 bits per heavy atom. The zero-order valence-electron chi connectivity index (χ0n) is 7.12. The van der Waals surface area contributed by atoms with Gasteiger partial charge in [-0.1, -0.05) is 12.8 Å². The van der Waals surface area contributed by atoms with E-state index >= 15 is 0 Å². The first-order valence-electron chi connectivity index (χ1n) is 3.95. The Hall–Kier alpha value is -1.34. The van der Waals surface area contributed by atoms with Crippen LogP contribution >= 0.6 is 0 Å². The summed E-state index contributed by atoms with van der Waals surface area (Å²) in [5.74, 6) is 6.29. The molecule has 1 aromatic heterocycles.